The fourth-order valence-corrected chi connectivity index (χ4v) is 2.96. The molecular formula is C8H9NO3S2. The fourth-order valence-electron chi connectivity index (χ4n) is 1.32. The highest BCUT2D eigenvalue weighted by Gasteiger charge is 2.19. The van der Waals surface area contributed by atoms with Gasteiger partial charge in [0.1, 0.15) is 0 Å². The number of anilines is 1. The standard InChI is InChI=1S/C8H9NO3S2/c1-9-5-13-8-4-6(14(10,11)12)2-3-7(8)9/h2-4H,5H2,1H3,(H,10,11,12). The van der Waals surface area contributed by atoms with E-state index >= 15 is 0 Å². The number of nitrogens with zero attached hydrogens (tertiary/aromatic N) is 1. The summed E-state index contributed by atoms with van der Waals surface area (Å²) in [5.74, 6) is 0.810. The number of thioether (sulfide) groups is 1. The molecule has 2 rings (SSSR count). The number of hydrogen-bond acceptors (Lipinski definition) is 4. The molecule has 0 bridgehead atoms. The monoisotopic (exact) mass is 231 g/mol. The molecule has 1 aliphatic heterocycles. The van der Waals surface area contributed by atoms with E-state index in [2.05, 4.69) is 0 Å². The Bertz CT molecular complexity index is 469. The Hall–Kier alpha value is -0.720. The summed E-state index contributed by atoms with van der Waals surface area (Å²) in [6, 6.07) is 4.62. The van der Waals surface area contributed by atoms with Crippen LogP contribution in [-0.2, 0) is 10.1 Å². The van der Waals surface area contributed by atoms with E-state index in [0.717, 1.165) is 16.5 Å². The Morgan fingerprint density at radius 1 is 1.50 bits per heavy atom. The molecule has 1 N–H and O–H groups in total. The molecule has 1 aromatic carbocycles. The molecule has 1 aliphatic rings. The highest BCUT2D eigenvalue weighted by molar-refractivity contribution is 7.99. The molecule has 0 spiro atoms. The van der Waals surface area contributed by atoms with Crippen molar-refractivity contribution in [3.8, 4) is 0 Å². The molecule has 0 amide bonds. The van der Waals surface area contributed by atoms with Crippen molar-refractivity contribution in [1.29, 1.82) is 0 Å². The van der Waals surface area contributed by atoms with E-state index in [-0.39, 0.29) is 4.90 Å². The molecular weight excluding hydrogens is 222 g/mol. The molecule has 1 heterocycles. The minimum atomic E-state index is -4.07. The van der Waals surface area contributed by atoms with Crippen molar-refractivity contribution in [2.75, 3.05) is 17.8 Å². The minimum absolute atomic E-state index is 0.0425. The second kappa shape index (κ2) is 3.15. The van der Waals surface area contributed by atoms with Gasteiger partial charge in [-0.25, -0.2) is 0 Å². The average Bonchev–Trinajstić information content (AvgIpc) is 2.46. The van der Waals surface area contributed by atoms with Gasteiger partial charge >= 0.3 is 0 Å². The molecule has 0 fully saturated rings. The first-order valence-electron chi connectivity index (χ1n) is 3.94. The third-order valence-electron chi connectivity index (χ3n) is 2.05. The van der Waals surface area contributed by atoms with Crippen molar-refractivity contribution >= 4 is 27.6 Å². The van der Waals surface area contributed by atoms with Crippen molar-refractivity contribution in [2.24, 2.45) is 0 Å². The first-order chi connectivity index (χ1) is 6.48. The summed E-state index contributed by atoms with van der Waals surface area (Å²) in [5, 5.41) is 0. The zero-order valence-corrected chi connectivity index (χ0v) is 9.10. The molecule has 0 aromatic heterocycles. The molecule has 4 nitrogen and oxygen atoms in total. The maximum absolute atomic E-state index is 10.8. The van der Waals surface area contributed by atoms with Crippen molar-refractivity contribution in [1.82, 2.24) is 0 Å². The van der Waals surface area contributed by atoms with Crippen LogP contribution in [0.3, 0.4) is 0 Å². The van der Waals surface area contributed by atoms with Gasteiger partial charge in [-0.15, -0.1) is 11.8 Å². The molecule has 0 aliphatic carbocycles. The second-order valence-electron chi connectivity index (χ2n) is 3.08. The number of rotatable bonds is 1. The van der Waals surface area contributed by atoms with E-state index in [9.17, 15) is 8.42 Å². The average molecular weight is 231 g/mol. The quantitative estimate of drug-likeness (QED) is 0.741. The van der Waals surface area contributed by atoms with Crippen LogP contribution >= 0.6 is 11.8 Å². The van der Waals surface area contributed by atoms with Gasteiger partial charge in [0.05, 0.1) is 16.5 Å². The number of benzene rings is 1. The van der Waals surface area contributed by atoms with Crippen LogP contribution in [0.4, 0.5) is 5.69 Å². The van der Waals surface area contributed by atoms with Crippen LogP contribution in [0.1, 0.15) is 0 Å². The largest absolute Gasteiger partial charge is 0.364 e. The smallest absolute Gasteiger partial charge is 0.294 e. The summed E-state index contributed by atoms with van der Waals surface area (Å²) in [4.78, 5) is 2.87. The maximum Gasteiger partial charge on any atom is 0.294 e. The van der Waals surface area contributed by atoms with Crippen molar-refractivity contribution in [3.05, 3.63) is 18.2 Å². The third kappa shape index (κ3) is 1.60. The molecule has 76 valence electrons. The Kier molecular flexibility index (Phi) is 2.21. The topological polar surface area (TPSA) is 57.6 Å². The normalized spacial score (nSPS) is 15.7. The second-order valence-corrected chi connectivity index (χ2v) is 5.48. The maximum atomic E-state index is 10.8. The van der Waals surface area contributed by atoms with Gasteiger partial charge in [-0.05, 0) is 18.2 Å². The zero-order valence-electron chi connectivity index (χ0n) is 7.47. The predicted octanol–water partition coefficient (Wildman–Crippen LogP) is 1.43. The van der Waals surface area contributed by atoms with Crippen molar-refractivity contribution in [2.45, 2.75) is 9.79 Å². The molecule has 1 aromatic rings. The Morgan fingerprint density at radius 3 is 2.86 bits per heavy atom. The van der Waals surface area contributed by atoms with E-state index < -0.39 is 10.1 Å². The number of hydrogen-bond donors (Lipinski definition) is 1. The highest BCUT2D eigenvalue weighted by Crippen LogP contribution is 2.38. The molecule has 0 saturated carbocycles. The summed E-state index contributed by atoms with van der Waals surface area (Å²) < 4.78 is 30.5. The van der Waals surface area contributed by atoms with Crippen molar-refractivity contribution in [3.63, 3.8) is 0 Å². The lowest BCUT2D eigenvalue weighted by Gasteiger charge is -2.10. The predicted molar refractivity (Wildman–Crippen MR) is 55.4 cm³/mol. The van der Waals surface area contributed by atoms with Gasteiger partial charge in [-0.1, -0.05) is 0 Å². The van der Waals surface area contributed by atoms with Crippen LogP contribution in [0.15, 0.2) is 28.0 Å². The lowest BCUT2D eigenvalue weighted by molar-refractivity contribution is 0.483. The summed E-state index contributed by atoms with van der Waals surface area (Å²) in [6.07, 6.45) is 0. The Labute approximate surface area is 86.7 Å². The van der Waals surface area contributed by atoms with Gasteiger partial charge in [-0.3, -0.25) is 4.55 Å². The number of fused-ring (bicyclic) bond motifs is 1. The first kappa shape index (κ1) is 9.82. The van der Waals surface area contributed by atoms with Gasteiger partial charge in [0.15, 0.2) is 0 Å². The molecule has 0 unspecified atom stereocenters. The molecule has 14 heavy (non-hydrogen) atoms. The van der Waals surface area contributed by atoms with Crippen molar-refractivity contribution < 1.29 is 13.0 Å². The van der Waals surface area contributed by atoms with Gasteiger partial charge < -0.3 is 4.90 Å². The van der Waals surface area contributed by atoms with Crippen LogP contribution in [0.5, 0.6) is 0 Å². The highest BCUT2D eigenvalue weighted by atomic mass is 32.2. The van der Waals surface area contributed by atoms with E-state index in [1.165, 1.54) is 12.1 Å². The van der Waals surface area contributed by atoms with Crippen LogP contribution < -0.4 is 4.90 Å². The van der Waals surface area contributed by atoms with E-state index in [4.69, 9.17) is 4.55 Å². The van der Waals surface area contributed by atoms with Gasteiger partial charge in [-0.2, -0.15) is 8.42 Å². The van der Waals surface area contributed by atoms with E-state index in [0.29, 0.717) is 0 Å². The van der Waals surface area contributed by atoms with Gasteiger partial charge in [0, 0.05) is 11.9 Å². The zero-order chi connectivity index (χ0) is 10.3. The lowest BCUT2D eigenvalue weighted by atomic mass is 10.3. The van der Waals surface area contributed by atoms with E-state index in [1.54, 1.807) is 17.8 Å². The first-order valence-corrected chi connectivity index (χ1v) is 6.36. The fraction of sp³-hybridized carbons (Fsp3) is 0.250. The Morgan fingerprint density at radius 2 is 2.21 bits per heavy atom. The molecule has 0 saturated heterocycles. The summed E-state index contributed by atoms with van der Waals surface area (Å²) >= 11 is 1.56. The van der Waals surface area contributed by atoms with Gasteiger partial charge in [0.2, 0.25) is 0 Å². The third-order valence-corrected chi connectivity index (χ3v) is 4.06. The summed E-state index contributed by atoms with van der Waals surface area (Å²) in [6.45, 7) is 0. The van der Waals surface area contributed by atoms with Crippen LogP contribution in [-0.4, -0.2) is 25.9 Å². The van der Waals surface area contributed by atoms with Crippen LogP contribution in [0.2, 0.25) is 0 Å². The SMILES string of the molecule is CN1CSc2cc(S(=O)(=O)O)ccc21. The molecule has 6 heteroatoms. The molecule has 0 radical (unpaired) electrons. The van der Waals surface area contributed by atoms with Gasteiger partial charge in [0.25, 0.3) is 10.1 Å². The minimum Gasteiger partial charge on any atom is -0.364 e. The van der Waals surface area contributed by atoms with E-state index in [1.807, 2.05) is 11.9 Å². The van der Waals surface area contributed by atoms with Crippen LogP contribution in [0, 0.1) is 0 Å². The summed E-state index contributed by atoms with van der Waals surface area (Å²) in [7, 11) is -2.14. The summed E-state index contributed by atoms with van der Waals surface area (Å²) in [5.41, 5.74) is 1.00. The Balaban J connectivity index is 2.53. The lowest BCUT2D eigenvalue weighted by Crippen LogP contribution is -2.10. The van der Waals surface area contributed by atoms with Crippen LogP contribution in [0.25, 0.3) is 0 Å². The molecule has 0 atom stereocenters.